The summed E-state index contributed by atoms with van der Waals surface area (Å²) in [4.78, 5) is 11.1. The van der Waals surface area contributed by atoms with E-state index in [0.29, 0.717) is 11.5 Å². The summed E-state index contributed by atoms with van der Waals surface area (Å²) >= 11 is 0. The summed E-state index contributed by atoms with van der Waals surface area (Å²) < 4.78 is 0. The highest BCUT2D eigenvalue weighted by atomic mass is 16.4. The van der Waals surface area contributed by atoms with E-state index in [1.165, 1.54) is 5.56 Å². The Morgan fingerprint density at radius 1 is 1.20 bits per heavy atom. The van der Waals surface area contributed by atoms with E-state index in [4.69, 9.17) is 5.11 Å². The van der Waals surface area contributed by atoms with Crippen molar-refractivity contribution < 1.29 is 15.0 Å². The molecule has 0 unspecified atom stereocenters. The number of hydrogen-bond acceptors (Lipinski definition) is 3. The van der Waals surface area contributed by atoms with Gasteiger partial charge >= 0.3 is 5.97 Å². The highest BCUT2D eigenvalue weighted by Crippen LogP contribution is 2.51. The molecule has 2 aromatic rings. The zero-order valence-corrected chi connectivity index (χ0v) is 14.1. The molecule has 2 aliphatic rings. The van der Waals surface area contributed by atoms with Crippen LogP contribution < -0.4 is 5.32 Å². The van der Waals surface area contributed by atoms with Gasteiger partial charge in [0.15, 0.2) is 0 Å². The third-order valence-electron chi connectivity index (χ3n) is 5.51. The number of aryl methyl sites for hydroxylation is 1. The minimum absolute atomic E-state index is 0.0410. The van der Waals surface area contributed by atoms with Gasteiger partial charge in [-0.1, -0.05) is 36.4 Å². The molecular weight excluding hydrogens is 314 g/mol. The Balaban J connectivity index is 1.78. The number of benzene rings is 2. The molecule has 0 spiro atoms. The SMILES string of the molecule is Cc1ccc(CO)c2c1N[C@@H](c1ccc(C(=O)O)cc1)[C@H]1CC=C[C@H]21. The second-order valence-corrected chi connectivity index (χ2v) is 6.89. The smallest absolute Gasteiger partial charge is 0.335 e. The molecular formula is C21H21NO3. The van der Waals surface area contributed by atoms with E-state index in [2.05, 4.69) is 24.4 Å². The van der Waals surface area contributed by atoms with Crippen LogP contribution in [0.5, 0.6) is 0 Å². The minimum atomic E-state index is -0.905. The van der Waals surface area contributed by atoms with Gasteiger partial charge in [0.25, 0.3) is 0 Å². The van der Waals surface area contributed by atoms with Crippen molar-refractivity contribution in [3.63, 3.8) is 0 Å². The zero-order chi connectivity index (χ0) is 17.6. The van der Waals surface area contributed by atoms with Crippen LogP contribution in [0.3, 0.4) is 0 Å². The van der Waals surface area contributed by atoms with Crippen LogP contribution >= 0.6 is 0 Å². The molecule has 0 saturated heterocycles. The van der Waals surface area contributed by atoms with Crippen molar-refractivity contribution in [2.75, 3.05) is 5.32 Å². The van der Waals surface area contributed by atoms with Gasteiger partial charge in [0, 0.05) is 11.6 Å². The van der Waals surface area contributed by atoms with Gasteiger partial charge in [0.2, 0.25) is 0 Å². The van der Waals surface area contributed by atoms with E-state index in [9.17, 15) is 9.90 Å². The van der Waals surface area contributed by atoms with Crippen molar-refractivity contribution in [2.24, 2.45) is 5.92 Å². The lowest BCUT2D eigenvalue weighted by Crippen LogP contribution is -2.30. The Morgan fingerprint density at radius 2 is 1.96 bits per heavy atom. The van der Waals surface area contributed by atoms with Crippen LogP contribution in [-0.4, -0.2) is 16.2 Å². The summed E-state index contributed by atoms with van der Waals surface area (Å²) in [7, 11) is 0. The van der Waals surface area contributed by atoms with Crippen LogP contribution in [0, 0.1) is 12.8 Å². The number of hydrogen-bond donors (Lipinski definition) is 3. The van der Waals surface area contributed by atoms with E-state index in [-0.39, 0.29) is 18.6 Å². The predicted octanol–water partition coefficient (Wildman–Crippen LogP) is 4.01. The molecule has 0 radical (unpaired) electrons. The minimum Gasteiger partial charge on any atom is -0.478 e. The largest absolute Gasteiger partial charge is 0.478 e. The number of anilines is 1. The van der Waals surface area contributed by atoms with Crippen molar-refractivity contribution in [3.05, 3.63) is 76.4 Å². The number of rotatable bonds is 3. The molecule has 4 rings (SSSR count). The van der Waals surface area contributed by atoms with Gasteiger partial charge in [-0.2, -0.15) is 0 Å². The Bertz CT molecular complexity index is 854. The maximum absolute atomic E-state index is 11.1. The third-order valence-corrected chi connectivity index (χ3v) is 5.51. The number of carboxylic acid groups (broad SMARTS) is 1. The number of aliphatic hydroxyl groups excluding tert-OH is 1. The number of fused-ring (bicyclic) bond motifs is 3. The quantitative estimate of drug-likeness (QED) is 0.741. The average molecular weight is 335 g/mol. The summed E-state index contributed by atoms with van der Waals surface area (Å²) in [6.45, 7) is 2.12. The van der Waals surface area contributed by atoms with Crippen molar-refractivity contribution in [1.29, 1.82) is 0 Å². The predicted molar refractivity (Wildman–Crippen MR) is 96.9 cm³/mol. The lowest BCUT2D eigenvalue weighted by molar-refractivity contribution is 0.0697. The van der Waals surface area contributed by atoms with Crippen LogP contribution in [0.2, 0.25) is 0 Å². The summed E-state index contributed by atoms with van der Waals surface area (Å²) in [6, 6.07) is 11.3. The summed E-state index contributed by atoms with van der Waals surface area (Å²) in [6.07, 6.45) is 5.44. The lowest BCUT2D eigenvalue weighted by Gasteiger charge is -2.39. The number of carboxylic acids is 1. The Labute approximate surface area is 146 Å². The fraction of sp³-hybridized carbons (Fsp3) is 0.286. The summed E-state index contributed by atoms with van der Waals surface area (Å²) in [5.74, 6) is -0.255. The van der Waals surface area contributed by atoms with Crippen LogP contribution in [0.4, 0.5) is 5.69 Å². The fourth-order valence-corrected chi connectivity index (χ4v) is 4.23. The van der Waals surface area contributed by atoms with Crippen LogP contribution in [0.25, 0.3) is 0 Å². The van der Waals surface area contributed by atoms with Gasteiger partial charge in [-0.25, -0.2) is 4.79 Å². The van der Waals surface area contributed by atoms with Gasteiger partial charge < -0.3 is 15.5 Å². The standard InChI is InChI=1S/C21H21NO3/c1-12-5-6-15(11-23)18-16-3-2-4-17(16)20(22-19(12)18)13-7-9-14(10-8-13)21(24)25/h2-3,5-10,16-17,20,22-23H,4,11H2,1H3,(H,24,25)/t16-,17-,20-/m0/s1. The topological polar surface area (TPSA) is 69.6 Å². The molecule has 0 fully saturated rings. The fourth-order valence-electron chi connectivity index (χ4n) is 4.23. The monoisotopic (exact) mass is 335 g/mol. The second kappa shape index (κ2) is 6.05. The van der Waals surface area contributed by atoms with E-state index in [1.54, 1.807) is 12.1 Å². The van der Waals surface area contributed by atoms with Gasteiger partial charge in [0.1, 0.15) is 0 Å². The third kappa shape index (κ3) is 2.53. The highest BCUT2D eigenvalue weighted by molar-refractivity contribution is 5.87. The number of carbonyl (C=O) groups is 1. The first kappa shape index (κ1) is 15.9. The lowest BCUT2D eigenvalue weighted by atomic mass is 9.75. The first-order valence-electron chi connectivity index (χ1n) is 8.60. The molecule has 0 saturated carbocycles. The molecule has 1 heterocycles. The Kier molecular flexibility index (Phi) is 3.85. The number of aliphatic hydroxyl groups is 1. The Hall–Kier alpha value is -2.59. The molecule has 0 aromatic heterocycles. The molecule has 4 nitrogen and oxygen atoms in total. The van der Waals surface area contributed by atoms with E-state index >= 15 is 0 Å². The highest BCUT2D eigenvalue weighted by Gasteiger charge is 2.39. The normalized spacial score (nSPS) is 23.7. The maximum Gasteiger partial charge on any atom is 0.335 e. The molecule has 1 aliphatic carbocycles. The van der Waals surface area contributed by atoms with Crippen LogP contribution in [0.1, 0.15) is 51.0 Å². The van der Waals surface area contributed by atoms with Crippen molar-refractivity contribution in [3.8, 4) is 0 Å². The molecule has 1 aliphatic heterocycles. The van der Waals surface area contributed by atoms with Gasteiger partial charge in [-0.3, -0.25) is 0 Å². The molecule has 0 amide bonds. The molecule has 128 valence electrons. The van der Waals surface area contributed by atoms with E-state index in [0.717, 1.165) is 28.8 Å². The number of allylic oxidation sites excluding steroid dienone is 2. The first-order valence-corrected chi connectivity index (χ1v) is 8.60. The summed E-state index contributed by atoms with van der Waals surface area (Å²) in [5, 5.41) is 22.6. The molecule has 4 heteroatoms. The number of aromatic carboxylic acids is 1. The van der Waals surface area contributed by atoms with Crippen molar-refractivity contribution in [1.82, 2.24) is 0 Å². The van der Waals surface area contributed by atoms with Crippen molar-refractivity contribution in [2.45, 2.75) is 31.9 Å². The molecule has 25 heavy (non-hydrogen) atoms. The van der Waals surface area contributed by atoms with Crippen LogP contribution in [-0.2, 0) is 6.61 Å². The second-order valence-electron chi connectivity index (χ2n) is 6.89. The number of nitrogens with one attached hydrogen (secondary N) is 1. The molecule has 3 N–H and O–H groups in total. The molecule has 0 bridgehead atoms. The Morgan fingerprint density at radius 3 is 2.64 bits per heavy atom. The van der Waals surface area contributed by atoms with Gasteiger partial charge in [-0.15, -0.1) is 0 Å². The first-order chi connectivity index (χ1) is 12.1. The van der Waals surface area contributed by atoms with Crippen LogP contribution in [0.15, 0.2) is 48.6 Å². The summed E-state index contributed by atoms with van der Waals surface area (Å²) in [5.41, 5.74) is 5.86. The maximum atomic E-state index is 11.1. The van der Waals surface area contributed by atoms with E-state index in [1.807, 2.05) is 24.3 Å². The molecule has 2 aromatic carbocycles. The average Bonchev–Trinajstić information content (AvgIpc) is 3.11. The zero-order valence-electron chi connectivity index (χ0n) is 14.1. The van der Waals surface area contributed by atoms with Crippen molar-refractivity contribution >= 4 is 11.7 Å². The van der Waals surface area contributed by atoms with E-state index < -0.39 is 5.97 Å². The van der Waals surface area contributed by atoms with Gasteiger partial charge in [-0.05, 0) is 53.6 Å². The molecule has 3 atom stereocenters. The van der Waals surface area contributed by atoms with Gasteiger partial charge in [0.05, 0.1) is 18.2 Å².